The van der Waals surface area contributed by atoms with Crippen LogP contribution in [0.5, 0.6) is 0 Å². The fraction of sp³-hybridized carbons (Fsp3) is 0.0741. The van der Waals surface area contributed by atoms with Crippen molar-refractivity contribution in [3.63, 3.8) is 0 Å². The van der Waals surface area contributed by atoms with Gasteiger partial charge in [0.2, 0.25) is 0 Å². The Morgan fingerprint density at radius 3 is 1.61 bits per heavy atom. The molecule has 140 valence electrons. The van der Waals surface area contributed by atoms with Crippen LogP contribution in [0, 0.1) is 6.92 Å². The predicted molar refractivity (Wildman–Crippen MR) is 121 cm³/mol. The number of benzene rings is 2. The van der Waals surface area contributed by atoms with Crippen molar-refractivity contribution in [2.75, 3.05) is 0 Å². The molecule has 0 atom stereocenters. The summed E-state index contributed by atoms with van der Waals surface area (Å²) < 4.78 is 0. The molecule has 0 N–H and O–H groups in total. The highest BCUT2D eigenvalue weighted by molar-refractivity contribution is 6.10. The maximum atomic E-state index is 12.6. The lowest BCUT2D eigenvalue weighted by atomic mass is 9.98. The van der Waals surface area contributed by atoms with Gasteiger partial charge in [-0.3, -0.25) is 4.79 Å². The quantitative estimate of drug-likeness (QED) is 0.274. The lowest BCUT2D eigenvalue weighted by Crippen LogP contribution is -2.00. The predicted octanol–water partition coefficient (Wildman–Crippen LogP) is 7.20. The fourth-order valence-electron chi connectivity index (χ4n) is 2.48. The standard InChI is InChI=1S/C27H26O/c1-19(2)7-10-21(4)22(5)11-12-23(6)27(28)26-17-15-25(16-18-26)24-13-8-20(3)9-14-24/h7-18H,1,4-6H2,2-3H3/b10-7-,12-11-. The van der Waals surface area contributed by atoms with Crippen LogP contribution < -0.4 is 0 Å². The van der Waals surface area contributed by atoms with Crippen LogP contribution in [0.15, 0.2) is 121 Å². The highest BCUT2D eigenvalue weighted by atomic mass is 16.1. The van der Waals surface area contributed by atoms with Crippen LogP contribution in [-0.4, -0.2) is 5.78 Å². The Labute approximate surface area is 168 Å². The largest absolute Gasteiger partial charge is 0.289 e. The van der Waals surface area contributed by atoms with Gasteiger partial charge in [-0.1, -0.05) is 110 Å². The van der Waals surface area contributed by atoms with Crippen molar-refractivity contribution in [3.8, 4) is 11.1 Å². The van der Waals surface area contributed by atoms with Gasteiger partial charge in [-0.2, -0.15) is 0 Å². The van der Waals surface area contributed by atoms with Crippen LogP contribution in [-0.2, 0) is 0 Å². The van der Waals surface area contributed by atoms with E-state index in [-0.39, 0.29) is 5.78 Å². The maximum Gasteiger partial charge on any atom is 0.192 e. The molecule has 0 bridgehead atoms. The van der Waals surface area contributed by atoms with Gasteiger partial charge in [0.25, 0.3) is 0 Å². The van der Waals surface area contributed by atoms with Gasteiger partial charge in [0.1, 0.15) is 0 Å². The minimum Gasteiger partial charge on any atom is -0.289 e. The fourth-order valence-corrected chi connectivity index (χ4v) is 2.48. The van der Waals surface area contributed by atoms with Crippen molar-refractivity contribution in [1.29, 1.82) is 0 Å². The monoisotopic (exact) mass is 366 g/mol. The highest BCUT2D eigenvalue weighted by Gasteiger charge is 2.08. The first-order valence-electron chi connectivity index (χ1n) is 9.08. The first kappa shape index (κ1) is 20.9. The molecule has 0 amide bonds. The van der Waals surface area contributed by atoms with E-state index in [1.165, 1.54) is 5.56 Å². The number of allylic oxidation sites excluding steroid dienone is 8. The smallest absolute Gasteiger partial charge is 0.192 e. The molecule has 1 heteroatoms. The van der Waals surface area contributed by atoms with E-state index in [1.54, 1.807) is 12.2 Å². The van der Waals surface area contributed by atoms with E-state index >= 15 is 0 Å². The van der Waals surface area contributed by atoms with E-state index in [4.69, 9.17) is 0 Å². The Balaban J connectivity index is 2.05. The molecule has 0 saturated carbocycles. The third kappa shape index (κ3) is 5.78. The van der Waals surface area contributed by atoms with E-state index in [2.05, 4.69) is 57.5 Å². The Bertz CT molecular complexity index is 978. The first-order valence-corrected chi connectivity index (χ1v) is 9.08. The summed E-state index contributed by atoms with van der Waals surface area (Å²) in [7, 11) is 0. The summed E-state index contributed by atoms with van der Waals surface area (Å²) in [5.41, 5.74) is 6.86. The second-order valence-corrected chi connectivity index (χ2v) is 6.86. The normalized spacial score (nSPS) is 10.9. The summed E-state index contributed by atoms with van der Waals surface area (Å²) in [6.45, 7) is 19.6. The van der Waals surface area contributed by atoms with Crippen molar-refractivity contribution in [2.24, 2.45) is 0 Å². The lowest BCUT2D eigenvalue weighted by molar-refractivity contribution is 0.103. The molecule has 0 saturated heterocycles. The molecular weight excluding hydrogens is 340 g/mol. The van der Waals surface area contributed by atoms with Gasteiger partial charge in [-0.05, 0) is 36.1 Å². The molecule has 0 aliphatic carbocycles. The van der Waals surface area contributed by atoms with Crippen molar-refractivity contribution < 1.29 is 4.79 Å². The van der Waals surface area contributed by atoms with Crippen molar-refractivity contribution in [2.45, 2.75) is 13.8 Å². The highest BCUT2D eigenvalue weighted by Crippen LogP contribution is 2.21. The topological polar surface area (TPSA) is 17.1 Å². The molecule has 0 unspecified atom stereocenters. The third-order valence-electron chi connectivity index (χ3n) is 4.29. The Hall–Kier alpha value is -3.45. The number of rotatable bonds is 8. The van der Waals surface area contributed by atoms with Crippen LogP contribution >= 0.6 is 0 Å². The van der Waals surface area contributed by atoms with E-state index in [0.717, 1.165) is 27.8 Å². The number of carbonyl (C=O) groups excluding carboxylic acids is 1. The van der Waals surface area contributed by atoms with Crippen molar-refractivity contribution in [1.82, 2.24) is 0 Å². The van der Waals surface area contributed by atoms with Crippen LogP contribution in [0.4, 0.5) is 0 Å². The molecule has 28 heavy (non-hydrogen) atoms. The lowest BCUT2D eigenvalue weighted by Gasteiger charge is -2.05. The Morgan fingerprint density at radius 1 is 0.679 bits per heavy atom. The zero-order valence-corrected chi connectivity index (χ0v) is 16.7. The molecule has 0 radical (unpaired) electrons. The summed E-state index contributed by atoms with van der Waals surface area (Å²) in [6.07, 6.45) is 7.16. The summed E-state index contributed by atoms with van der Waals surface area (Å²) in [4.78, 5) is 12.6. The minimum absolute atomic E-state index is 0.109. The van der Waals surface area contributed by atoms with E-state index < -0.39 is 0 Å². The van der Waals surface area contributed by atoms with Gasteiger partial charge in [0, 0.05) is 11.1 Å². The molecule has 0 aliphatic heterocycles. The van der Waals surface area contributed by atoms with Crippen LogP contribution in [0.25, 0.3) is 11.1 Å². The van der Waals surface area contributed by atoms with Gasteiger partial charge >= 0.3 is 0 Å². The third-order valence-corrected chi connectivity index (χ3v) is 4.29. The van der Waals surface area contributed by atoms with Crippen molar-refractivity contribution in [3.05, 3.63) is 133 Å². The molecule has 2 aromatic rings. The maximum absolute atomic E-state index is 12.6. The second kappa shape index (κ2) is 9.48. The Kier molecular flexibility index (Phi) is 7.06. The van der Waals surface area contributed by atoms with Crippen LogP contribution in [0.3, 0.4) is 0 Å². The van der Waals surface area contributed by atoms with E-state index in [0.29, 0.717) is 11.1 Å². The first-order chi connectivity index (χ1) is 13.3. The van der Waals surface area contributed by atoms with Gasteiger partial charge in [0.05, 0.1) is 0 Å². The van der Waals surface area contributed by atoms with Crippen LogP contribution in [0.1, 0.15) is 22.8 Å². The molecule has 0 aliphatic rings. The average Bonchev–Trinajstić information content (AvgIpc) is 2.70. The average molecular weight is 367 g/mol. The molecular formula is C27H26O. The molecule has 0 spiro atoms. The molecule has 0 fully saturated rings. The van der Waals surface area contributed by atoms with Crippen LogP contribution in [0.2, 0.25) is 0 Å². The van der Waals surface area contributed by atoms with Gasteiger partial charge in [-0.25, -0.2) is 0 Å². The summed E-state index contributed by atoms with van der Waals surface area (Å²) in [5.74, 6) is -0.109. The summed E-state index contributed by atoms with van der Waals surface area (Å²) in [5, 5.41) is 0. The summed E-state index contributed by atoms with van der Waals surface area (Å²) >= 11 is 0. The number of aryl methyl sites for hydroxylation is 1. The van der Waals surface area contributed by atoms with Gasteiger partial charge in [0.15, 0.2) is 5.78 Å². The van der Waals surface area contributed by atoms with E-state index in [9.17, 15) is 4.79 Å². The van der Waals surface area contributed by atoms with Crippen molar-refractivity contribution >= 4 is 5.78 Å². The zero-order chi connectivity index (χ0) is 20.7. The Morgan fingerprint density at radius 2 is 1.11 bits per heavy atom. The number of ketones is 1. The molecule has 2 aromatic carbocycles. The SMILES string of the molecule is C=C(C)/C=C\C(=C)C(=C)/C=C\C(=C)C(=O)c1ccc(-c2ccc(C)cc2)cc1. The number of hydrogen-bond donors (Lipinski definition) is 0. The molecule has 0 aromatic heterocycles. The minimum atomic E-state index is -0.109. The number of hydrogen-bond acceptors (Lipinski definition) is 1. The zero-order valence-electron chi connectivity index (χ0n) is 16.7. The molecule has 1 nitrogen and oxygen atoms in total. The van der Waals surface area contributed by atoms with Gasteiger partial charge < -0.3 is 0 Å². The van der Waals surface area contributed by atoms with Gasteiger partial charge in [-0.15, -0.1) is 0 Å². The second-order valence-electron chi connectivity index (χ2n) is 6.86. The number of Topliss-reactive ketones (excluding diaryl/α,β-unsaturated/α-hetero) is 1. The molecule has 2 rings (SSSR count). The summed E-state index contributed by atoms with van der Waals surface area (Å²) in [6, 6.07) is 15.9. The number of carbonyl (C=O) groups is 1. The van der Waals surface area contributed by atoms with E-state index in [1.807, 2.05) is 43.3 Å². The molecule has 0 heterocycles.